The zero-order valence-corrected chi connectivity index (χ0v) is 9.87. The summed E-state index contributed by atoms with van der Waals surface area (Å²) in [6.07, 6.45) is 2.23. The number of rotatable bonds is 6. The Labute approximate surface area is 104 Å². The molecule has 6 heteroatoms. The second-order valence-corrected chi connectivity index (χ2v) is 4.46. The minimum atomic E-state index is -0.915. The van der Waals surface area contributed by atoms with E-state index in [0.717, 1.165) is 12.8 Å². The highest BCUT2D eigenvalue weighted by Crippen LogP contribution is 2.30. The standard InChI is InChI=1S/C12H15N3O3/c13-12(18)9-2-1-3-10(14-9)15(7-11(16)17)6-8-4-5-8/h1-3,8H,4-7H2,(H2,13,18)(H,16,17). The first-order chi connectivity index (χ1) is 8.56. The van der Waals surface area contributed by atoms with Crippen LogP contribution in [0.25, 0.3) is 0 Å². The predicted octanol–water partition coefficient (Wildman–Crippen LogP) is 0.481. The second-order valence-electron chi connectivity index (χ2n) is 4.46. The Morgan fingerprint density at radius 3 is 2.72 bits per heavy atom. The smallest absolute Gasteiger partial charge is 0.323 e. The molecule has 1 aliphatic rings. The summed E-state index contributed by atoms with van der Waals surface area (Å²) in [7, 11) is 0. The van der Waals surface area contributed by atoms with Crippen molar-refractivity contribution in [1.82, 2.24) is 4.98 Å². The van der Waals surface area contributed by atoms with Crippen molar-refractivity contribution in [3.8, 4) is 0 Å². The second kappa shape index (κ2) is 5.03. The number of anilines is 1. The molecule has 2 rings (SSSR count). The van der Waals surface area contributed by atoms with E-state index in [1.807, 2.05) is 0 Å². The Morgan fingerprint density at radius 2 is 2.17 bits per heavy atom. The Bertz CT molecular complexity index is 471. The predicted molar refractivity (Wildman–Crippen MR) is 65.3 cm³/mol. The van der Waals surface area contributed by atoms with Gasteiger partial charge in [-0.05, 0) is 30.9 Å². The highest BCUT2D eigenvalue weighted by molar-refractivity contribution is 5.91. The number of amides is 1. The van der Waals surface area contributed by atoms with E-state index in [0.29, 0.717) is 18.3 Å². The van der Waals surface area contributed by atoms with Crippen molar-refractivity contribution in [2.75, 3.05) is 18.0 Å². The third kappa shape index (κ3) is 3.19. The van der Waals surface area contributed by atoms with Gasteiger partial charge in [0.25, 0.3) is 5.91 Å². The van der Waals surface area contributed by atoms with E-state index < -0.39 is 11.9 Å². The lowest BCUT2D eigenvalue weighted by atomic mass is 10.3. The number of carbonyl (C=O) groups is 2. The average Bonchev–Trinajstić information content (AvgIpc) is 3.12. The van der Waals surface area contributed by atoms with Crippen LogP contribution in [-0.2, 0) is 4.79 Å². The number of carboxylic acid groups (broad SMARTS) is 1. The summed E-state index contributed by atoms with van der Waals surface area (Å²) in [6.45, 7) is 0.535. The summed E-state index contributed by atoms with van der Waals surface area (Å²) in [5.74, 6) is -0.510. The van der Waals surface area contributed by atoms with Gasteiger partial charge in [0.2, 0.25) is 0 Å². The van der Waals surface area contributed by atoms with Gasteiger partial charge in [-0.25, -0.2) is 4.98 Å². The van der Waals surface area contributed by atoms with Gasteiger partial charge >= 0.3 is 5.97 Å². The van der Waals surface area contributed by atoms with E-state index in [4.69, 9.17) is 10.8 Å². The normalized spacial score (nSPS) is 14.2. The molecule has 0 radical (unpaired) electrons. The van der Waals surface area contributed by atoms with Crippen molar-refractivity contribution in [3.05, 3.63) is 23.9 Å². The van der Waals surface area contributed by atoms with Crippen LogP contribution >= 0.6 is 0 Å². The molecule has 6 nitrogen and oxygen atoms in total. The van der Waals surface area contributed by atoms with Gasteiger partial charge in [-0.2, -0.15) is 0 Å². The van der Waals surface area contributed by atoms with Crippen LogP contribution in [0.2, 0.25) is 0 Å². The first-order valence-corrected chi connectivity index (χ1v) is 5.80. The SMILES string of the molecule is NC(=O)c1cccc(N(CC(=O)O)CC2CC2)n1. The largest absolute Gasteiger partial charge is 0.480 e. The van der Waals surface area contributed by atoms with Gasteiger partial charge in [-0.3, -0.25) is 9.59 Å². The molecular weight excluding hydrogens is 234 g/mol. The van der Waals surface area contributed by atoms with E-state index in [1.165, 1.54) is 6.07 Å². The molecule has 1 aromatic rings. The molecule has 1 aliphatic carbocycles. The minimum Gasteiger partial charge on any atom is -0.480 e. The molecule has 0 bridgehead atoms. The number of aliphatic carboxylic acids is 1. The summed E-state index contributed by atoms with van der Waals surface area (Å²) >= 11 is 0. The van der Waals surface area contributed by atoms with Crippen molar-refractivity contribution >= 4 is 17.7 Å². The molecule has 1 fully saturated rings. The van der Waals surface area contributed by atoms with Crippen LogP contribution in [0.4, 0.5) is 5.82 Å². The van der Waals surface area contributed by atoms with Crippen LogP contribution in [0.15, 0.2) is 18.2 Å². The Morgan fingerprint density at radius 1 is 1.44 bits per heavy atom. The molecule has 0 aliphatic heterocycles. The summed E-state index contributed by atoms with van der Waals surface area (Å²) in [5.41, 5.74) is 5.31. The van der Waals surface area contributed by atoms with E-state index in [1.54, 1.807) is 17.0 Å². The monoisotopic (exact) mass is 249 g/mol. The Balaban J connectivity index is 2.19. The molecule has 0 atom stereocenters. The van der Waals surface area contributed by atoms with Gasteiger partial charge in [0.05, 0.1) is 0 Å². The molecule has 0 spiro atoms. The van der Waals surface area contributed by atoms with Gasteiger partial charge in [0.15, 0.2) is 0 Å². The van der Waals surface area contributed by atoms with Crippen molar-refractivity contribution in [2.45, 2.75) is 12.8 Å². The molecule has 1 aromatic heterocycles. The summed E-state index contributed by atoms with van der Waals surface area (Å²) in [4.78, 5) is 27.7. The van der Waals surface area contributed by atoms with E-state index >= 15 is 0 Å². The maximum atomic E-state index is 11.1. The third-order valence-corrected chi connectivity index (χ3v) is 2.81. The number of hydrogen-bond donors (Lipinski definition) is 2. The van der Waals surface area contributed by atoms with Gasteiger partial charge in [0.1, 0.15) is 18.1 Å². The number of carbonyl (C=O) groups excluding carboxylic acids is 1. The van der Waals surface area contributed by atoms with Crippen molar-refractivity contribution in [2.24, 2.45) is 11.7 Å². The molecule has 0 aromatic carbocycles. The average molecular weight is 249 g/mol. The van der Waals surface area contributed by atoms with Crippen molar-refractivity contribution in [1.29, 1.82) is 0 Å². The highest BCUT2D eigenvalue weighted by atomic mass is 16.4. The minimum absolute atomic E-state index is 0.119. The Kier molecular flexibility index (Phi) is 3.45. The van der Waals surface area contributed by atoms with Crippen LogP contribution in [0.5, 0.6) is 0 Å². The summed E-state index contributed by atoms with van der Waals surface area (Å²) in [6, 6.07) is 4.86. The van der Waals surface area contributed by atoms with Crippen molar-refractivity contribution < 1.29 is 14.7 Å². The van der Waals surface area contributed by atoms with E-state index in [9.17, 15) is 9.59 Å². The molecule has 96 valence electrons. The van der Waals surface area contributed by atoms with Crippen LogP contribution in [0.1, 0.15) is 23.3 Å². The maximum Gasteiger partial charge on any atom is 0.323 e. The van der Waals surface area contributed by atoms with Gasteiger partial charge in [0, 0.05) is 6.54 Å². The molecule has 0 unspecified atom stereocenters. The lowest BCUT2D eigenvalue weighted by Crippen LogP contribution is -2.32. The number of carboxylic acids is 1. The first kappa shape index (κ1) is 12.3. The fraction of sp³-hybridized carbons (Fsp3) is 0.417. The number of nitrogens with two attached hydrogens (primary N) is 1. The number of nitrogens with zero attached hydrogens (tertiary/aromatic N) is 2. The van der Waals surface area contributed by atoms with Crippen LogP contribution in [-0.4, -0.2) is 35.1 Å². The molecule has 1 heterocycles. The lowest BCUT2D eigenvalue weighted by Gasteiger charge is -2.21. The quantitative estimate of drug-likeness (QED) is 0.764. The summed E-state index contributed by atoms with van der Waals surface area (Å²) < 4.78 is 0. The number of primary amides is 1. The Hall–Kier alpha value is -2.11. The van der Waals surface area contributed by atoms with Gasteiger partial charge < -0.3 is 15.7 Å². The van der Waals surface area contributed by atoms with Crippen molar-refractivity contribution in [3.63, 3.8) is 0 Å². The summed E-state index contributed by atoms with van der Waals surface area (Å²) in [5, 5.41) is 8.90. The third-order valence-electron chi connectivity index (χ3n) is 2.81. The first-order valence-electron chi connectivity index (χ1n) is 5.80. The van der Waals surface area contributed by atoms with Crippen LogP contribution in [0, 0.1) is 5.92 Å². The molecule has 3 N–H and O–H groups in total. The number of pyridine rings is 1. The van der Waals surface area contributed by atoms with Gasteiger partial charge in [-0.1, -0.05) is 6.07 Å². The molecule has 1 saturated carbocycles. The number of aromatic nitrogens is 1. The number of hydrogen-bond acceptors (Lipinski definition) is 4. The van der Waals surface area contributed by atoms with Crippen LogP contribution in [0.3, 0.4) is 0 Å². The fourth-order valence-electron chi connectivity index (χ4n) is 1.75. The van der Waals surface area contributed by atoms with Crippen LogP contribution < -0.4 is 10.6 Å². The van der Waals surface area contributed by atoms with E-state index in [2.05, 4.69) is 4.98 Å². The highest BCUT2D eigenvalue weighted by Gasteiger charge is 2.26. The molecular formula is C12H15N3O3. The molecule has 1 amide bonds. The topological polar surface area (TPSA) is 96.5 Å². The zero-order valence-electron chi connectivity index (χ0n) is 9.87. The molecule has 18 heavy (non-hydrogen) atoms. The molecule has 0 saturated heterocycles. The lowest BCUT2D eigenvalue weighted by molar-refractivity contribution is -0.135. The fourth-order valence-corrected chi connectivity index (χ4v) is 1.75. The van der Waals surface area contributed by atoms with E-state index in [-0.39, 0.29) is 12.2 Å². The van der Waals surface area contributed by atoms with Gasteiger partial charge in [-0.15, -0.1) is 0 Å². The maximum absolute atomic E-state index is 11.1. The zero-order chi connectivity index (χ0) is 13.1.